The number of rotatable bonds is 8. The van der Waals surface area contributed by atoms with Crippen LogP contribution in [0.1, 0.15) is 25.8 Å². The molecule has 0 atom stereocenters. The molecule has 0 aliphatic carbocycles. The highest BCUT2D eigenvalue weighted by Gasteiger charge is 2.12. The molecule has 0 aliphatic heterocycles. The van der Waals surface area contributed by atoms with Gasteiger partial charge in [-0.3, -0.25) is 0 Å². The Morgan fingerprint density at radius 1 is 1.00 bits per heavy atom. The first kappa shape index (κ1) is 19.5. The van der Waals surface area contributed by atoms with Gasteiger partial charge in [-0.05, 0) is 43.2 Å². The van der Waals surface area contributed by atoms with Crippen LogP contribution in [0.25, 0.3) is 11.0 Å². The molecule has 6 nitrogen and oxygen atoms in total. The first-order valence-electron chi connectivity index (χ1n) is 9.22. The number of ether oxygens (including phenoxy) is 3. The molecule has 1 heterocycles. The fourth-order valence-corrected chi connectivity index (χ4v) is 2.89. The van der Waals surface area contributed by atoms with Crippen molar-refractivity contribution in [2.24, 2.45) is 0 Å². The van der Waals surface area contributed by atoms with Gasteiger partial charge in [-0.1, -0.05) is 25.5 Å². The van der Waals surface area contributed by atoms with Gasteiger partial charge < -0.3 is 18.6 Å². The van der Waals surface area contributed by atoms with Gasteiger partial charge in [0, 0.05) is 17.5 Å². The van der Waals surface area contributed by atoms with Crippen LogP contribution in [-0.2, 0) is 11.2 Å². The molecule has 0 aliphatic rings. The Labute approximate surface area is 162 Å². The van der Waals surface area contributed by atoms with Crippen molar-refractivity contribution in [1.29, 1.82) is 0 Å². The minimum Gasteiger partial charge on any atom is -0.490 e. The summed E-state index contributed by atoms with van der Waals surface area (Å²) in [5, 5.41) is 0.836. The molecule has 0 spiro atoms. The third-order valence-corrected chi connectivity index (χ3v) is 4.05. The SMILES string of the molecule is CCCc1cc(=O)oc2cc(OC(=O)COc3ccccc3OCC)ccc12. The number of benzene rings is 2. The van der Waals surface area contributed by atoms with Gasteiger partial charge in [0.05, 0.1) is 6.61 Å². The lowest BCUT2D eigenvalue weighted by Crippen LogP contribution is -2.18. The van der Waals surface area contributed by atoms with Gasteiger partial charge in [0.15, 0.2) is 18.1 Å². The van der Waals surface area contributed by atoms with Gasteiger partial charge in [-0.25, -0.2) is 9.59 Å². The molecule has 3 aromatic rings. The first-order valence-corrected chi connectivity index (χ1v) is 9.22. The Morgan fingerprint density at radius 2 is 1.75 bits per heavy atom. The number of carbonyl (C=O) groups is 1. The van der Waals surface area contributed by atoms with Crippen LogP contribution in [0.3, 0.4) is 0 Å². The third-order valence-electron chi connectivity index (χ3n) is 4.05. The fraction of sp³-hybridized carbons (Fsp3) is 0.273. The van der Waals surface area contributed by atoms with E-state index in [4.69, 9.17) is 18.6 Å². The van der Waals surface area contributed by atoms with Crippen molar-refractivity contribution in [3.05, 3.63) is 64.5 Å². The van der Waals surface area contributed by atoms with Gasteiger partial charge >= 0.3 is 11.6 Å². The van der Waals surface area contributed by atoms with E-state index in [1.165, 1.54) is 6.07 Å². The Hall–Kier alpha value is -3.28. The van der Waals surface area contributed by atoms with Gasteiger partial charge in [-0.2, -0.15) is 0 Å². The Bertz CT molecular complexity index is 1020. The van der Waals surface area contributed by atoms with Crippen LogP contribution >= 0.6 is 0 Å². The standard InChI is InChI=1S/C22H22O6/c1-3-7-15-12-21(23)28-20-13-16(10-11-17(15)20)27-22(24)14-26-19-9-6-5-8-18(19)25-4-2/h5-6,8-13H,3-4,7,14H2,1-2H3. The van der Waals surface area contributed by atoms with Crippen LogP contribution in [0.15, 0.2) is 57.7 Å². The number of carbonyl (C=O) groups excluding carboxylic acids is 1. The van der Waals surface area contributed by atoms with Crippen molar-refractivity contribution < 1.29 is 23.4 Å². The number of hydrogen-bond acceptors (Lipinski definition) is 6. The van der Waals surface area contributed by atoms with Gasteiger partial charge in [0.25, 0.3) is 0 Å². The Morgan fingerprint density at radius 3 is 2.46 bits per heavy atom. The molecule has 0 saturated carbocycles. The lowest BCUT2D eigenvalue weighted by molar-refractivity contribution is -0.136. The van der Waals surface area contributed by atoms with Gasteiger partial charge in [-0.15, -0.1) is 0 Å². The van der Waals surface area contributed by atoms with Gasteiger partial charge in [0.2, 0.25) is 0 Å². The van der Waals surface area contributed by atoms with E-state index >= 15 is 0 Å². The van der Waals surface area contributed by atoms with Crippen LogP contribution in [0.4, 0.5) is 0 Å². The minimum atomic E-state index is -0.572. The van der Waals surface area contributed by atoms with Crippen molar-refractivity contribution in [2.75, 3.05) is 13.2 Å². The number of fused-ring (bicyclic) bond motifs is 1. The second-order valence-corrected chi connectivity index (χ2v) is 6.14. The summed E-state index contributed by atoms with van der Waals surface area (Å²) in [5.74, 6) is 0.748. The molecule has 0 unspecified atom stereocenters. The lowest BCUT2D eigenvalue weighted by Gasteiger charge is -2.11. The zero-order valence-corrected chi connectivity index (χ0v) is 15.9. The number of hydrogen-bond donors (Lipinski definition) is 0. The maximum Gasteiger partial charge on any atom is 0.349 e. The highest BCUT2D eigenvalue weighted by molar-refractivity contribution is 5.83. The summed E-state index contributed by atoms with van der Waals surface area (Å²) >= 11 is 0. The van der Waals surface area contributed by atoms with Crippen molar-refractivity contribution >= 4 is 16.9 Å². The van der Waals surface area contributed by atoms with Crippen molar-refractivity contribution in [2.45, 2.75) is 26.7 Å². The molecule has 2 aromatic carbocycles. The zero-order valence-electron chi connectivity index (χ0n) is 15.9. The van der Waals surface area contributed by atoms with E-state index in [1.54, 1.807) is 36.4 Å². The summed E-state index contributed by atoms with van der Waals surface area (Å²) in [7, 11) is 0. The smallest absolute Gasteiger partial charge is 0.349 e. The van der Waals surface area contributed by atoms with E-state index in [2.05, 4.69) is 0 Å². The predicted octanol–water partition coefficient (Wildman–Crippen LogP) is 4.13. The highest BCUT2D eigenvalue weighted by Crippen LogP contribution is 2.27. The molecule has 6 heteroatoms. The average Bonchev–Trinajstić information content (AvgIpc) is 2.67. The molecule has 0 fully saturated rings. The molecule has 3 rings (SSSR count). The average molecular weight is 382 g/mol. The summed E-state index contributed by atoms with van der Waals surface area (Å²) in [6.45, 7) is 4.13. The molecule has 146 valence electrons. The topological polar surface area (TPSA) is 75.0 Å². The van der Waals surface area contributed by atoms with Crippen LogP contribution in [0, 0.1) is 0 Å². The largest absolute Gasteiger partial charge is 0.490 e. The summed E-state index contributed by atoms with van der Waals surface area (Å²) in [4.78, 5) is 23.9. The minimum absolute atomic E-state index is 0.276. The van der Waals surface area contributed by atoms with E-state index in [0.717, 1.165) is 23.8 Å². The predicted molar refractivity (Wildman–Crippen MR) is 105 cm³/mol. The maximum atomic E-state index is 12.1. The van der Waals surface area contributed by atoms with Crippen LogP contribution in [-0.4, -0.2) is 19.2 Å². The normalized spacial score (nSPS) is 10.6. The Balaban J connectivity index is 1.70. The van der Waals surface area contributed by atoms with E-state index in [-0.39, 0.29) is 12.4 Å². The van der Waals surface area contributed by atoms with Crippen molar-refractivity contribution in [3.63, 3.8) is 0 Å². The molecule has 0 amide bonds. The molecule has 0 N–H and O–H groups in total. The van der Waals surface area contributed by atoms with Crippen LogP contribution < -0.4 is 19.8 Å². The number of aryl methyl sites for hydroxylation is 1. The molecule has 0 bridgehead atoms. The van der Waals surface area contributed by atoms with E-state index in [9.17, 15) is 9.59 Å². The molecular weight excluding hydrogens is 360 g/mol. The van der Waals surface area contributed by atoms with E-state index < -0.39 is 11.6 Å². The summed E-state index contributed by atoms with van der Waals surface area (Å²) < 4.78 is 21.5. The zero-order chi connectivity index (χ0) is 19.9. The highest BCUT2D eigenvalue weighted by atomic mass is 16.6. The van der Waals surface area contributed by atoms with Crippen molar-refractivity contribution in [1.82, 2.24) is 0 Å². The number of esters is 1. The van der Waals surface area contributed by atoms with Crippen LogP contribution in [0.5, 0.6) is 17.2 Å². The third kappa shape index (κ3) is 4.71. The fourth-order valence-electron chi connectivity index (χ4n) is 2.89. The van der Waals surface area contributed by atoms with Crippen LogP contribution in [0.2, 0.25) is 0 Å². The second-order valence-electron chi connectivity index (χ2n) is 6.14. The summed E-state index contributed by atoms with van der Waals surface area (Å²) in [6, 6.07) is 13.6. The Kier molecular flexibility index (Phi) is 6.32. The lowest BCUT2D eigenvalue weighted by atomic mass is 10.1. The molecule has 1 aromatic heterocycles. The van der Waals surface area contributed by atoms with E-state index in [0.29, 0.717) is 23.7 Å². The maximum absolute atomic E-state index is 12.1. The molecular formula is C22H22O6. The van der Waals surface area contributed by atoms with Crippen molar-refractivity contribution in [3.8, 4) is 17.2 Å². The molecule has 0 saturated heterocycles. The summed E-state index contributed by atoms with van der Waals surface area (Å²) in [5.41, 5.74) is 0.890. The molecule has 0 radical (unpaired) electrons. The quantitative estimate of drug-likeness (QED) is 0.331. The monoisotopic (exact) mass is 382 g/mol. The summed E-state index contributed by atoms with van der Waals surface area (Å²) in [6.07, 6.45) is 1.68. The second kappa shape index (κ2) is 9.08. The van der Waals surface area contributed by atoms with Gasteiger partial charge in [0.1, 0.15) is 11.3 Å². The van der Waals surface area contributed by atoms with E-state index in [1.807, 2.05) is 19.9 Å². The molecule has 28 heavy (non-hydrogen) atoms. The number of para-hydroxylation sites is 2. The first-order chi connectivity index (χ1) is 13.6.